The van der Waals surface area contributed by atoms with Crippen LogP contribution in [0, 0.1) is 0 Å². The number of ether oxygens (including phenoxy) is 1. The van der Waals surface area contributed by atoms with Gasteiger partial charge in [-0.1, -0.05) is 0 Å². The minimum Gasteiger partial charge on any atom is -0.369 e. The Morgan fingerprint density at radius 1 is 1.63 bits per heavy atom. The molecular weight excluding hydrogens is 269 g/mol. The van der Waals surface area contributed by atoms with Gasteiger partial charge in [0.25, 0.3) is 5.56 Å². The highest BCUT2D eigenvalue weighted by Gasteiger charge is 2.28. The SMILES string of the molecule is Nc1nc2c(ncn2[C@H]2CC[C@@H](COP)O2)c(=O)[nH]1. The van der Waals surface area contributed by atoms with Crippen LogP contribution in [-0.2, 0) is 9.26 Å². The van der Waals surface area contributed by atoms with Crippen molar-refractivity contribution in [2.24, 2.45) is 0 Å². The van der Waals surface area contributed by atoms with Crippen molar-refractivity contribution in [1.82, 2.24) is 19.5 Å². The van der Waals surface area contributed by atoms with E-state index in [1.54, 1.807) is 10.9 Å². The first kappa shape index (κ1) is 12.5. The second kappa shape index (κ2) is 4.88. The monoisotopic (exact) mass is 283 g/mol. The first-order valence-electron chi connectivity index (χ1n) is 5.88. The number of aromatic nitrogens is 4. The first-order chi connectivity index (χ1) is 9.19. The standard InChI is InChI=1S/C10H14N5O3P/c11-10-13-8-7(9(16)14-10)12-4-15(8)6-2-1-5(18-6)3-17-19/h4-6H,1-3,19H2,(H3,11,13,14,16)/t5-,6+/m0/s1. The zero-order valence-electron chi connectivity index (χ0n) is 10.1. The molecule has 9 heteroatoms. The maximum absolute atomic E-state index is 11.7. The van der Waals surface area contributed by atoms with Crippen molar-refractivity contribution in [1.29, 1.82) is 0 Å². The molecular formula is C10H14N5O3P. The average molecular weight is 283 g/mol. The zero-order chi connectivity index (χ0) is 13.4. The first-order valence-corrected chi connectivity index (χ1v) is 6.35. The summed E-state index contributed by atoms with van der Waals surface area (Å²) in [7, 11) is 2.21. The van der Waals surface area contributed by atoms with E-state index in [2.05, 4.69) is 24.4 Å². The molecule has 1 fully saturated rings. The Morgan fingerprint density at radius 3 is 3.26 bits per heavy atom. The molecule has 19 heavy (non-hydrogen) atoms. The van der Waals surface area contributed by atoms with Crippen LogP contribution in [-0.4, -0.2) is 32.2 Å². The lowest BCUT2D eigenvalue weighted by Crippen LogP contribution is -2.16. The Labute approximate surface area is 110 Å². The van der Waals surface area contributed by atoms with Crippen LogP contribution >= 0.6 is 9.47 Å². The third-order valence-corrected chi connectivity index (χ3v) is 3.32. The van der Waals surface area contributed by atoms with Gasteiger partial charge in [0.2, 0.25) is 5.95 Å². The predicted octanol–water partition coefficient (Wildman–Crippen LogP) is 0.186. The van der Waals surface area contributed by atoms with E-state index in [4.69, 9.17) is 15.0 Å². The van der Waals surface area contributed by atoms with E-state index >= 15 is 0 Å². The maximum atomic E-state index is 11.7. The maximum Gasteiger partial charge on any atom is 0.280 e. The lowest BCUT2D eigenvalue weighted by molar-refractivity contribution is -0.0130. The van der Waals surface area contributed by atoms with Gasteiger partial charge in [-0.15, -0.1) is 0 Å². The van der Waals surface area contributed by atoms with Crippen molar-refractivity contribution in [2.75, 3.05) is 12.3 Å². The number of H-pyrrole nitrogens is 1. The molecule has 3 heterocycles. The number of hydrogen-bond donors (Lipinski definition) is 2. The number of fused-ring (bicyclic) bond motifs is 1. The van der Waals surface area contributed by atoms with Crippen molar-refractivity contribution in [3.8, 4) is 0 Å². The van der Waals surface area contributed by atoms with Crippen LogP contribution < -0.4 is 11.3 Å². The molecule has 1 aliphatic heterocycles. The summed E-state index contributed by atoms with van der Waals surface area (Å²) in [6, 6.07) is 0. The Balaban J connectivity index is 1.96. The lowest BCUT2D eigenvalue weighted by atomic mass is 10.2. The van der Waals surface area contributed by atoms with Crippen LogP contribution in [0.3, 0.4) is 0 Å². The molecule has 1 saturated heterocycles. The van der Waals surface area contributed by atoms with E-state index in [9.17, 15) is 4.79 Å². The number of imidazole rings is 1. The van der Waals surface area contributed by atoms with Gasteiger partial charge in [0.05, 0.1) is 19.0 Å². The molecule has 8 nitrogen and oxygen atoms in total. The molecule has 102 valence electrons. The van der Waals surface area contributed by atoms with Crippen LogP contribution in [0.2, 0.25) is 0 Å². The summed E-state index contributed by atoms with van der Waals surface area (Å²) >= 11 is 0. The number of hydrogen-bond acceptors (Lipinski definition) is 6. The third-order valence-electron chi connectivity index (χ3n) is 3.13. The van der Waals surface area contributed by atoms with Gasteiger partial charge < -0.3 is 15.0 Å². The van der Waals surface area contributed by atoms with Crippen LogP contribution in [0.5, 0.6) is 0 Å². The largest absolute Gasteiger partial charge is 0.369 e. The van der Waals surface area contributed by atoms with Crippen molar-refractivity contribution >= 4 is 26.6 Å². The minimum atomic E-state index is -0.343. The van der Waals surface area contributed by atoms with E-state index in [0.717, 1.165) is 12.8 Å². The van der Waals surface area contributed by atoms with Gasteiger partial charge in [-0.3, -0.25) is 14.3 Å². The summed E-state index contributed by atoms with van der Waals surface area (Å²) in [6.45, 7) is 0.518. The summed E-state index contributed by atoms with van der Waals surface area (Å²) in [5.41, 5.74) is 5.92. The molecule has 0 bridgehead atoms. The molecule has 3 atom stereocenters. The highest BCUT2D eigenvalue weighted by molar-refractivity contribution is 7.09. The molecule has 1 unspecified atom stereocenters. The third kappa shape index (κ3) is 2.22. The minimum absolute atomic E-state index is 0.0410. The lowest BCUT2D eigenvalue weighted by Gasteiger charge is -2.14. The van der Waals surface area contributed by atoms with E-state index in [1.165, 1.54) is 0 Å². The van der Waals surface area contributed by atoms with Gasteiger partial charge >= 0.3 is 0 Å². The fourth-order valence-corrected chi connectivity index (χ4v) is 2.49. The molecule has 2 aromatic heterocycles. The zero-order valence-corrected chi connectivity index (χ0v) is 11.2. The van der Waals surface area contributed by atoms with Crippen LogP contribution in [0.15, 0.2) is 11.1 Å². The summed E-state index contributed by atoms with van der Waals surface area (Å²) < 4.78 is 12.6. The quantitative estimate of drug-likeness (QED) is 0.778. The highest BCUT2D eigenvalue weighted by Crippen LogP contribution is 2.30. The summed E-state index contributed by atoms with van der Waals surface area (Å²) in [4.78, 5) is 22.3. The van der Waals surface area contributed by atoms with Crippen molar-refractivity contribution in [3.63, 3.8) is 0 Å². The Morgan fingerprint density at radius 2 is 2.47 bits per heavy atom. The fourth-order valence-electron chi connectivity index (χ4n) is 2.28. The number of nitrogens with two attached hydrogens (primary N) is 1. The molecule has 0 aromatic carbocycles. The number of nitrogens with zero attached hydrogens (tertiary/aromatic N) is 3. The van der Waals surface area contributed by atoms with E-state index in [1.807, 2.05) is 0 Å². The molecule has 0 amide bonds. The van der Waals surface area contributed by atoms with Crippen molar-refractivity contribution in [2.45, 2.75) is 25.2 Å². The van der Waals surface area contributed by atoms with Crippen LogP contribution in [0.25, 0.3) is 11.2 Å². The van der Waals surface area contributed by atoms with E-state index in [0.29, 0.717) is 12.3 Å². The number of anilines is 1. The predicted molar refractivity (Wildman–Crippen MR) is 71.4 cm³/mol. The molecule has 0 radical (unpaired) electrons. The normalized spacial score (nSPS) is 23.2. The van der Waals surface area contributed by atoms with Gasteiger partial charge in [-0.25, -0.2) is 4.98 Å². The molecule has 1 aliphatic rings. The Kier molecular flexibility index (Phi) is 3.22. The van der Waals surface area contributed by atoms with E-state index in [-0.39, 0.29) is 29.4 Å². The number of aromatic amines is 1. The molecule has 3 rings (SSSR count). The molecule has 3 N–H and O–H groups in total. The highest BCUT2D eigenvalue weighted by atomic mass is 31.0. The van der Waals surface area contributed by atoms with Crippen molar-refractivity contribution < 1.29 is 9.26 Å². The van der Waals surface area contributed by atoms with Gasteiger partial charge in [0.15, 0.2) is 11.2 Å². The Bertz CT molecular complexity index is 654. The molecule has 0 saturated carbocycles. The van der Waals surface area contributed by atoms with Gasteiger partial charge in [0, 0.05) is 9.47 Å². The molecule has 0 spiro atoms. The number of nitrogen functional groups attached to an aromatic ring is 1. The summed E-state index contributed by atoms with van der Waals surface area (Å²) in [5.74, 6) is 0.0714. The van der Waals surface area contributed by atoms with Gasteiger partial charge in [-0.05, 0) is 12.8 Å². The van der Waals surface area contributed by atoms with Crippen molar-refractivity contribution in [3.05, 3.63) is 16.7 Å². The van der Waals surface area contributed by atoms with E-state index < -0.39 is 0 Å². The van der Waals surface area contributed by atoms with Crippen LogP contribution in [0.1, 0.15) is 19.1 Å². The number of nitrogens with one attached hydrogen (secondary N) is 1. The number of rotatable bonds is 3. The second-order valence-electron chi connectivity index (χ2n) is 4.40. The fraction of sp³-hybridized carbons (Fsp3) is 0.500. The van der Waals surface area contributed by atoms with Gasteiger partial charge in [0.1, 0.15) is 6.23 Å². The van der Waals surface area contributed by atoms with Gasteiger partial charge in [-0.2, -0.15) is 4.98 Å². The average Bonchev–Trinajstić information content (AvgIpc) is 2.95. The molecule has 2 aromatic rings. The molecule has 0 aliphatic carbocycles. The topological polar surface area (TPSA) is 108 Å². The smallest absolute Gasteiger partial charge is 0.280 e. The summed E-state index contributed by atoms with van der Waals surface area (Å²) in [5, 5.41) is 0. The summed E-state index contributed by atoms with van der Waals surface area (Å²) in [6.07, 6.45) is 3.11. The second-order valence-corrected chi connectivity index (χ2v) is 4.73. The Hall–Kier alpha value is -1.50. The van der Waals surface area contributed by atoms with Crippen LogP contribution in [0.4, 0.5) is 5.95 Å².